The standard InChI is InChI=1S/C19H22ClN7O3/c1-24-17-16(18(29)23-19(24)30)27(10-14(21)28)15(22-17)11-25-5-7-26(8-6-25)13-4-2-3-12(20)9-13/h2-4,9H,5-8,10-11H2,1H3,(H2,21,28)(H,23,29,30). The summed E-state index contributed by atoms with van der Waals surface area (Å²) in [4.78, 5) is 47.1. The first-order valence-electron chi connectivity index (χ1n) is 9.53. The number of carbonyl (C=O) groups excluding carboxylic acids is 1. The SMILES string of the molecule is Cn1c(=O)[nH]c(=O)c2c1nc(CN1CCN(c3cccc(Cl)c3)CC1)n2CC(N)=O. The summed E-state index contributed by atoms with van der Waals surface area (Å²) < 4.78 is 2.76. The first-order chi connectivity index (χ1) is 14.3. The highest BCUT2D eigenvalue weighted by atomic mass is 35.5. The second-order valence-electron chi connectivity index (χ2n) is 7.31. The van der Waals surface area contributed by atoms with Gasteiger partial charge in [-0.05, 0) is 18.2 Å². The molecule has 0 saturated carbocycles. The summed E-state index contributed by atoms with van der Waals surface area (Å²) in [7, 11) is 1.52. The average molecular weight is 432 g/mol. The van der Waals surface area contributed by atoms with E-state index < -0.39 is 17.2 Å². The van der Waals surface area contributed by atoms with Crippen molar-refractivity contribution < 1.29 is 4.79 Å². The van der Waals surface area contributed by atoms with Gasteiger partial charge in [0.25, 0.3) is 5.56 Å². The van der Waals surface area contributed by atoms with Crippen molar-refractivity contribution in [1.82, 2.24) is 24.0 Å². The number of rotatable bonds is 5. The lowest BCUT2D eigenvalue weighted by molar-refractivity contribution is -0.118. The molecule has 1 fully saturated rings. The van der Waals surface area contributed by atoms with Crippen molar-refractivity contribution in [2.45, 2.75) is 13.1 Å². The first kappa shape index (κ1) is 20.2. The van der Waals surface area contributed by atoms with Gasteiger partial charge < -0.3 is 15.2 Å². The minimum Gasteiger partial charge on any atom is -0.369 e. The van der Waals surface area contributed by atoms with E-state index in [1.54, 1.807) is 0 Å². The summed E-state index contributed by atoms with van der Waals surface area (Å²) in [5.74, 6) is -0.0683. The van der Waals surface area contributed by atoms with Crippen molar-refractivity contribution in [2.75, 3.05) is 31.1 Å². The predicted molar refractivity (Wildman–Crippen MR) is 114 cm³/mol. The third-order valence-corrected chi connectivity index (χ3v) is 5.55. The molecule has 0 unspecified atom stereocenters. The highest BCUT2D eigenvalue weighted by Crippen LogP contribution is 2.21. The number of carbonyl (C=O) groups is 1. The molecule has 0 atom stereocenters. The third-order valence-electron chi connectivity index (χ3n) is 5.31. The molecular formula is C19H22ClN7O3. The van der Waals surface area contributed by atoms with Crippen LogP contribution in [0.5, 0.6) is 0 Å². The molecule has 0 aliphatic carbocycles. The van der Waals surface area contributed by atoms with Crippen molar-refractivity contribution in [3.63, 3.8) is 0 Å². The lowest BCUT2D eigenvalue weighted by Crippen LogP contribution is -2.46. The number of aromatic amines is 1. The largest absolute Gasteiger partial charge is 0.369 e. The van der Waals surface area contributed by atoms with Crippen LogP contribution in [-0.4, -0.2) is 56.1 Å². The van der Waals surface area contributed by atoms with E-state index in [0.29, 0.717) is 17.4 Å². The van der Waals surface area contributed by atoms with Gasteiger partial charge in [0.15, 0.2) is 11.2 Å². The molecule has 3 N–H and O–H groups in total. The van der Waals surface area contributed by atoms with E-state index in [9.17, 15) is 14.4 Å². The number of aryl methyl sites for hydroxylation is 1. The van der Waals surface area contributed by atoms with Crippen molar-refractivity contribution in [3.8, 4) is 0 Å². The molecular weight excluding hydrogens is 410 g/mol. The van der Waals surface area contributed by atoms with Crippen molar-refractivity contribution in [2.24, 2.45) is 12.8 Å². The summed E-state index contributed by atoms with van der Waals surface area (Å²) in [5.41, 5.74) is 5.73. The fourth-order valence-electron chi connectivity index (χ4n) is 3.76. The maximum atomic E-state index is 12.4. The van der Waals surface area contributed by atoms with Crippen molar-refractivity contribution in [1.29, 1.82) is 0 Å². The second-order valence-corrected chi connectivity index (χ2v) is 7.75. The Labute approximate surface area is 176 Å². The summed E-state index contributed by atoms with van der Waals surface area (Å²) in [6.45, 7) is 3.38. The lowest BCUT2D eigenvalue weighted by Gasteiger charge is -2.36. The van der Waals surface area contributed by atoms with Gasteiger partial charge in [-0.3, -0.25) is 24.0 Å². The van der Waals surface area contributed by atoms with Gasteiger partial charge in [-0.25, -0.2) is 9.78 Å². The maximum Gasteiger partial charge on any atom is 0.329 e. The van der Waals surface area contributed by atoms with Gasteiger partial charge in [0.1, 0.15) is 12.4 Å². The molecule has 4 rings (SSSR count). The zero-order valence-corrected chi connectivity index (χ0v) is 17.2. The van der Waals surface area contributed by atoms with E-state index in [-0.39, 0.29) is 17.7 Å². The number of hydrogen-bond donors (Lipinski definition) is 2. The van der Waals surface area contributed by atoms with Crippen LogP contribution in [-0.2, 0) is 24.9 Å². The monoisotopic (exact) mass is 431 g/mol. The summed E-state index contributed by atoms with van der Waals surface area (Å²) in [5, 5.41) is 0.700. The molecule has 158 valence electrons. The number of nitrogens with two attached hydrogens (primary N) is 1. The highest BCUT2D eigenvalue weighted by molar-refractivity contribution is 6.30. The van der Waals surface area contributed by atoms with Crippen LogP contribution in [0.4, 0.5) is 5.69 Å². The smallest absolute Gasteiger partial charge is 0.329 e. The predicted octanol–water partition coefficient (Wildman–Crippen LogP) is -0.116. The number of benzene rings is 1. The van der Waals surface area contributed by atoms with Gasteiger partial charge in [0, 0.05) is 43.9 Å². The number of nitrogens with one attached hydrogen (secondary N) is 1. The number of fused-ring (bicyclic) bond motifs is 1. The van der Waals surface area contributed by atoms with E-state index in [1.807, 2.05) is 24.3 Å². The van der Waals surface area contributed by atoms with Crippen LogP contribution < -0.4 is 21.9 Å². The fraction of sp³-hybridized carbons (Fsp3) is 0.368. The Hall–Kier alpha value is -3.11. The number of anilines is 1. The average Bonchev–Trinajstić information content (AvgIpc) is 3.05. The van der Waals surface area contributed by atoms with Gasteiger partial charge in [0.2, 0.25) is 5.91 Å². The Morgan fingerprint density at radius 3 is 2.63 bits per heavy atom. The van der Waals surface area contributed by atoms with E-state index in [0.717, 1.165) is 31.9 Å². The lowest BCUT2D eigenvalue weighted by atomic mass is 10.2. The van der Waals surface area contributed by atoms with Gasteiger partial charge in [-0.1, -0.05) is 17.7 Å². The fourth-order valence-corrected chi connectivity index (χ4v) is 3.95. The molecule has 1 amide bonds. The first-order valence-corrected chi connectivity index (χ1v) is 9.91. The zero-order valence-electron chi connectivity index (χ0n) is 16.5. The summed E-state index contributed by atoms with van der Waals surface area (Å²) in [6, 6.07) is 7.74. The van der Waals surface area contributed by atoms with Gasteiger partial charge in [-0.15, -0.1) is 0 Å². The molecule has 0 spiro atoms. The van der Waals surface area contributed by atoms with Crippen LogP contribution in [0.3, 0.4) is 0 Å². The molecule has 1 aliphatic rings. The zero-order chi connectivity index (χ0) is 21.4. The number of nitrogens with zero attached hydrogens (tertiary/aromatic N) is 5. The number of piperazine rings is 1. The minimum absolute atomic E-state index is 0.170. The Kier molecular flexibility index (Phi) is 5.35. The molecule has 1 aromatic carbocycles. The maximum absolute atomic E-state index is 12.4. The Bertz CT molecular complexity index is 1220. The second kappa shape index (κ2) is 7.96. The van der Waals surface area contributed by atoms with E-state index in [4.69, 9.17) is 17.3 Å². The number of halogens is 1. The van der Waals surface area contributed by atoms with Crippen molar-refractivity contribution in [3.05, 3.63) is 56.0 Å². The Balaban J connectivity index is 1.59. The summed E-state index contributed by atoms with van der Waals surface area (Å²) >= 11 is 6.10. The van der Waals surface area contributed by atoms with Crippen LogP contribution in [0.2, 0.25) is 5.02 Å². The Morgan fingerprint density at radius 1 is 1.23 bits per heavy atom. The van der Waals surface area contributed by atoms with Gasteiger partial charge in [0.05, 0.1) is 6.54 Å². The van der Waals surface area contributed by atoms with Crippen LogP contribution in [0.25, 0.3) is 11.2 Å². The van der Waals surface area contributed by atoms with E-state index in [1.165, 1.54) is 16.2 Å². The molecule has 3 heterocycles. The molecule has 11 heteroatoms. The number of H-pyrrole nitrogens is 1. The minimum atomic E-state index is -0.588. The normalized spacial score (nSPS) is 15.1. The van der Waals surface area contributed by atoms with Gasteiger partial charge in [-0.2, -0.15) is 0 Å². The molecule has 0 bridgehead atoms. The van der Waals surface area contributed by atoms with Gasteiger partial charge >= 0.3 is 5.69 Å². The topological polar surface area (TPSA) is 122 Å². The van der Waals surface area contributed by atoms with Crippen LogP contribution in [0, 0.1) is 0 Å². The molecule has 1 saturated heterocycles. The van der Waals surface area contributed by atoms with E-state index >= 15 is 0 Å². The molecule has 3 aromatic rings. The molecule has 10 nitrogen and oxygen atoms in total. The molecule has 2 aromatic heterocycles. The Morgan fingerprint density at radius 2 is 1.97 bits per heavy atom. The molecule has 1 aliphatic heterocycles. The number of hydrogen-bond acceptors (Lipinski definition) is 6. The highest BCUT2D eigenvalue weighted by Gasteiger charge is 2.23. The van der Waals surface area contributed by atoms with Crippen LogP contribution in [0.15, 0.2) is 33.9 Å². The van der Waals surface area contributed by atoms with Crippen molar-refractivity contribution >= 4 is 34.4 Å². The number of imidazole rings is 1. The van der Waals surface area contributed by atoms with Crippen LogP contribution >= 0.6 is 11.6 Å². The number of primary amides is 1. The quantitative estimate of drug-likeness (QED) is 0.581. The summed E-state index contributed by atoms with van der Waals surface area (Å²) in [6.07, 6.45) is 0. The number of aromatic nitrogens is 4. The van der Waals surface area contributed by atoms with Crippen LogP contribution in [0.1, 0.15) is 5.82 Å². The number of amides is 1. The molecule has 0 radical (unpaired) electrons. The third kappa shape index (κ3) is 3.83. The molecule has 30 heavy (non-hydrogen) atoms. The van der Waals surface area contributed by atoms with E-state index in [2.05, 4.69) is 19.8 Å².